The van der Waals surface area contributed by atoms with Gasteiger partial charge in [-0.2, -0.15) is 0 Å². The number of carbonyl (C=O) groups is 1. The molecule has 4 heterocycles. The van der Waals surface area contributed by atoms with E-state index in [9.17, 15) is 4.79 Å². The number of pyridine rings is 1. The van der Waals surface area contributed by atoms with Crippen LogP contribution in [0.5, 0.6) is 0 Å². The van der Waals surface area contributed by atoms with Gasteiger partial charge in [0, 0.05) is 37.7 Å². The highest BCUT2D eigenvalue weighted by Gasteiger charge is 2.24. The van der Waals surface area contributed by atoms with E-state index in [1.807, 2.05) is 6.92 Å². The molecule has 1 aliphatic heterocycles. The average molecular weight is 430 g/mol. The highest BCUT2D eigenvalue weighted by molar-refractivity contribution is 9.10. The van der Waals surface area contributed by atoms with Gasteiger partial charge in [-0.1, -0.05) is 0 Å². The molecule has 1 aliphatic rings. The third-order valence-electron chi connectivity index (χ3n) is 4.67. The van der Waals surface area contributed by atoms with Crippen LogP contribution in [0.4, 0.5) is 11.4 Å². The number of nitrogens with two attached hydrogens (primary N) is 1. The van der Waals surface area contributed by atoms with Crippen LogP contribution in [0.2, 0.25) is 0 Å². The van der Waals surface area contributed by atoms with Gasteiger partial charge in [0.1, 0.15) is 11.3 Å². The van der Waals surface area contributed by atoms with E-state index in [0.29, 0.717) is 11.3 Å². The number of nitrogens with one attached hydrogen (secondary N) is 2. The van der Waals surface area contributed by atoms with E-state index in [1.165, 1.54) is 6.20 Å². The number of nitrogens with zero attached hydrogens (tertiary/aromatic N) is 4. The zero-order chi connectivity index (χ0) is 19.0. The fourth-order valence-electron chi connectivity index (χ4n) is 3.37. The Labute approximate surface area is 164 Å². The van der Waals surface area contributed by atoms with Crippen LogP contribution in [0.15, 0.2) is 29.3 Å². The number of aryl methyl sites for hydroxylation is 1. The number of fused-ring (bicyclic) bond motifs is 1. The van der Waals surface area contributed by atoms with Gasteiger partial charge in [-0.05, 0) is 35.7 Å². The van der Waals surface area contributed by atoms with E-state index in [1.54, 1.807) is 18.6 Å². The number of rotatable bonds is 3. The molecule has 9 heteroatoms. The van der Waals surface area contributed by atoms with E-state index in [2.05, 4.69) is 46.1 Å². The minimum Gasteiger partial charge on any atom is -0.368 e. The summed E-state index contributed by atoms with van der Waals surface area (Å²) in [6.45, 7) is 3.50. The molecule has 0 radical (unpaired) electrons. The van der Waals surface area contributed by atoms with Crippen LogP contribution in [-0.2, 0) is 0 Å². The first kappa shape index (κ1) is 17.9. The number of anilines is 2. The van der Waals surface area contributed by atoms with Crippen molar-refractivity contribution in [2.45, 2.75) is 25.8 Å². The highest BCUT2D eigenvalue weighted by Crippen LogP contribution is 2.38. The summed E-state index contributed by atoms with van der Waals surface area (Å²) in [7, 11) is 0. The third-order valence-corrected chi connectivity index (χ3v) is 5.25. The van der Waals surface area contributed by atoms with Crippen LogP contribution in [0.3, 0.4) is 0 Å². The van der Waals surface area contributed by atoms with Gasteiger partial charge in [-0.3, -0.25) is 9.78 Å². The van der Waals surface area contributed by atoms with Crippen LogP contribution in [0.1, 0.15) is 29.0 Å². The van der Waals surface area contributed by atoms with Gasteiger partial charge < -0.3 is 20.9 Å². The number of hydrogen-bond donors (Lipinski definition) is 3. The van der Waals surface area contributed by atoms with Crippen LogP contribution < -0.4 is 16.0 Å². The van der Waals surface area contributed by atoms with E-state index in [0.717, 1.165) is 47.2 Å². The van der Waals surface area contributed by atoms with Crippen molar-refractivity contribution in [3.05, 3.63) is 40.6 Å². The number of piperidine rings is 1. The maximum Gasteiger partial charge on any atom is 0.275 e. The van der Waals surface area contributed by atoms with Gasteiger partial charge in [0.25, 0.3) is 5.91 Å². The molecule has 1 saturated heterocycles. The molecule has 1 fully saturated rings. The predicted molar refractivity (Wildman–Crippen MR) is 108 cm³/mol. The molecule has 0 aromatic carbocycles. The molecule has 0 aliphatic carbocycles. The molecule has 0 unspecified atom stereocenters. The van der Waals surface area contributed by atoms with Gasteiger partial charge >= 0.3 is 0 Å². The smallest absolute Gasteiger partial charge is 0.275 e. The molecule has 3 aromatic rings. The lowest BCUT2D eigenvalue weighted by Gasteiger charge is -2.33. The van der Waals surface area contributed by atoms with E-state index >= 15 is 0 Å². The maximum absolute atomic E-state index is 12.6. The lowest BCUT2D eigenvalue weighted by molar-refractivity contribution is 0.102. The molecule has 27 heavy (non-hydrogen) atoms. The number of carbonyl (C=O) groups excluding carboxylic acids is 1. The largest absolute Gasteiger partial charge is 0.368 e. The van der Waals surface area contributed by atoms with Crippen LogP contribution in [0, 0.1) is 6.92 Å². The summed E-state index contributed by atoms with van der Waals surface area (Å²) >= 11 is 3.62. The monoisotopic (exact) mass is 429 g/mol. The maximum atomic E-state index is 12.6. The fourth-order valence-corrected chi connectivity index (χ4v) is 3.92. The molecular formula is C18H20BrN7O. The lowest BCUT2D eigenvalue weighted by Crippen LogP contribution is -2.43. The number of aromatic nitrogens is 4. The standard InChI is InChI=1S/C18H20BrN7O/c1-10-5-22-14(8-21-10)18(27)25-13-7-24-17-15(13)16(12(19)6-23-17)26-4-2-3-11(20)9-26/h5-8,11H,2-4,9,20H2,1H3,(H,23,24)(H,25,27)/t11-/m1/s1. The van der Waals surface area contributed by atoms with Crippen molar-refractivity contribution < 1.29 is 4.79 Å². The number of H-pyrrole nitrogens is 1. The lowest BCUT2D eigenvalue weighted by atomic mass is 10.1. The molecule has 1 amide bonds. The Hall–Kier alpha value is -2.52. The van der Waals surface area contributed by atoms with Crippen molar-refractivity contribution in [3.63, 3.8) is 0 Å². The summed E-state index contributed by atoms with van der Waals surface area (Å²) in [5.41, 5.74) is 9.54. The quantitative estimate of drug-likeness (QED) is 0.589. The topological polar surface area (TPSA) is 113 Å². The van der Waals surface area contributed by atoms with Crippen molar-refractivity contribution in [1.82, 2.24) is 19.9 Å². The predicted octanol–water partition coefficient (Wildman–Crippen LogP) is 2.60. The van der Waals surface area contributed by atoms with Crippen LogP contribution in [0.25, 0.3) is 11.0 Å². The Morgan fingerprint density at radius 2 is 2.19 bits per heavy atom. The van der Waals surface area contributed by atoms with Crippen molar-refractivity contribution in [2.24, 2.45) is 5.73 Å². The Balaban J connectivity index is 1.72. The van der Waals surface area contributed by atoms with E-state index in [4.69, 9.17) is 5.73 Å². The van der Waals surface area contributed by atoms with Crippen molar-refractivity contribution in [3.8, 4) is 0 Å². The Bertz CT molecular complexity index is 985. The second-order valence-electron chi connectivity index (χ2n) is 6.73. The summed E-state index contributed by atoms with van der Waals surface area (Å²) in [4.78, 5) is 30.7. The first-order valence-electron chi connectivity index (χ1n) is 8.79. The van der Waals surface area contributed by atoms with E-state index < -0.39 is 0 Å². The second-order valence-corrected chi connectivity index (χ2v) is 7.58. The first-order chi connectivity index (χ1) is 13.0. The molecule has 0 saturated carbocycles. The zero-order valence-electron chi connectivity index (χ0n) is 14.9. The molecule has 140 valence electrons. The minimum atomic E-state index is -0.315. The Morgan fingerprint density at radius 3 is 2.93 bits per heavy atom. The average Bonchev–Trinajstić information content (AvgIpc) is 3.05. The summed E-state index contributed by atoms with van der Waals surface area (Å²) < 4.78 is 0.870. The van der Waals surface area contributed by atoms with Gasteiger partial charge in [-0.25, -0.2) is 9.97 Å². The van der Waals surface area contributed by atoms with E-state index in [-0.39, 0.29) is 17.6 Å². The molecule has 4 rings (SSSR count). The number of amides is 1. The summed E-state index contributed by atoms with van der Waals surface area (Å²) in [5.74, 6) is -0.315. The molecule has 8 nitrogen and oxygen atoms in total. The SMILES string of the molecule is Cc1cnc(C(=O)Nc2c[nH]c3ncc(Br)c(N4CCC[C@@H](N)C4)c23)cn1. The zero-order valence-corrected chi connectivity index (χ0v) is 16.5. The first-order valence-corrected chi connectivity index (χ1v) is 9.58. The Kier molecular flexibility index (Phi) is 4.79. The molecular weight excluding hydrogens is 410 g/mol. The van der Waals surface area contributed by atoms with Gasteiger partial charge in [0.2, 0.25) is 0 Å². The summed E-state index contributed by atoms with van der Waals surface area (Å²) in [6, 6.07) is 0.133. The van der Waals surface area contributed by atoms with Gasteiger partial charge in [0.15, 0.2) is 0 Å². The normalized spacial score (nSPS) is 17.3. The van der Waals surface area contributed by atoms with Crippen LogP contribution >= 0.6 is 15.9 Å². The molecule has 3 aromatic heterocycles. The number of aromatic amines is 1. The summed E-state index contributed by atoms with van der Waals surface area (Å²) in [6.07, 6.45) is 8.61. The highest BCUT2D eigenvalue weighted by atomic mass is 79.9. The second kappa shape index (κ2) is 7.24. The van der Waals surface area contributed by atoms with Crippen LogP contribution in [-0.4, -0.2) is 45.0 Å². The molecule has 0 bridgehead atoms. The number of hydrogen-bond acceptors (Lipinski definition) is 6. The molecule has 1 atom stereocenters. The minimum absolute atomic E-state index is 0.133. The van der Waals surface area contributed by atoms with Gasteiger partial charge in [-0.15, -0.1) is 0 Å². The molecule has 0 spiro atoms. The van der Waals surface area contributed by atoms with Crippen molar-refractivity contribution >= 4 is 44.2 Å². The number of halogens is 1. The van der Waals surface area contributed by atoms with Crippen molar-refractivity contribution in [1.29, 1.82) is 0 Å². The Morgan fingerprint density at radius 1 is 1.33 bits per heavy atom. The fraction of sp³-hybridized carbons (Fsp3) is 0.333. The third kappa shape index (κ3) is 3.52. The van der Waals surface area contributed by atoms with Crippen molar-refractivity contribution in [2.75, 3.05) is 23.3 Å². The molecule has 4 N–H and O–H groups in total. The summed E-state index contributed by atoms with van der Waals surface area (Å²) in [5, 5.41) is 3.78. The van der Waals surface area contributed by atoms with Gasteiger partial charge in [0.05, 0.1) is 33.1 Å².